The third-order valence-electron chi connectivity index (χ3n) is 2.95. The molecular formula is C12H14N6OS. The second kappa shape index (κ2) is 5.33. The third kappa shape index (κ3) is 2.37. The van der Waals surface area contributed by atoms with E-state index in [4.69, 9.17) is 18.0 Å². The van der Waals surface area contributed by atoms with E-state index in [1.807, 2.05) is 13.8 Å². The van der Waals surface area contributed by atoms with Gasteiger partial charge in [-0.05, 0) is 25.5 Å². The van der Waals surface area contributed by atoms with Gasteiger partial charge in [-0.15, -0.1) is 5.10 Å². The Labute approximate surface area is 121 Å². The minimum atomic E-state index is -0.280. The number of aryl methyl sites for hydroxylation is 1. The number of aromatic nitrogens is 4. The third-order valence-corrected chi connectivity index (χ3v) is 3.15. The highest BCUT2D eigenvalue weighted by Crippen LogP contribution is 2.17. The summed E-state index contributed by atoms with van der Waals surface area (Å²) in [5.41, 5.74) is 8.24. The molecule has 20 heavy (non-hydrogen) atoms. The molecule has 8 heteroatoms. The fourth-order valence-corrected chi connectivity index (χ4v) is 1.99. The predicted octanol–water partition coefficient (Wildman–Crippen LogP) is 0.273. The van der Waals surface area contributed by atoms with Crippen LogP contribution in [-0.2, 0) is 0 Å². The van der Waals surface area contributed by atoms with Crippen LogP contribution in [-0.4, -0.2) is 37.9 Å². The van der Waals surface area contributed by atoms with E-state index < -0.39 is 0 Å². The van der Waals surface area contributed by atoms with Gasteiger partial charge in [-0.2, -0.15) is 10.2 Å². The highest BCUT2D eigenvalue weighted by molar-refractivity contribution is 7.80. The summed E-state index contributed by atoms with van der Waals surface area (Å²) in [6.07, 6.45) is 1.62. The zero-order valence-corrected chi connectivity index (χ0v) is 12.2. The Morgan fingerprint density at radius 2 is 2.10 bits per heavy atom. The van der Waals surface area contributed by atoms with Crippen molar-refractivity contribution < 1.29 is 4.79 Å². The predicted molar refractivity (Wildman–Crippen MR) is 77.9 cm³/mol. The fourth-order valence-electron chi connectivity index (χ4n) is 1.74. The van der Waals surface area contributed by atoms with Crippen molar-refractivity contribution in [2.75, 3.05) is 7.05 Å². The monoisotopic (exact) mass is 290 g/mol. The second-order valence-electron chi connectivity index (χ2n) is 4.20. The molecular weight excluding hydrogens is 276 g/mol. The summed E-state index contributed by atoms with van der Waals surface area (Å²) >= 11 is 5.07. The average Bonchev–Trinajstić information content (AvgIpc) is 2.89. The van der Waals surface area contributed by atoms with Crippen LogP contribution in [0.4, 0.5) is 0 Å². The molecule has 0 aliphatic carbocycles. The molecule has 0 saturated heterocycles. The van der Waals surface area contributed by atoms with Crippen LogP contribution in [0, 0.1) is 13.8 Å². The first-order valence-electron chi connectivity index (χ1n) is 5.87. The van der Waals surface area contributed by atoms with Crippen molar-refractivity contribution in [3.05, 3.63) is 34.8 Å². The standard InChI is InChI=1S/C12H14N6OS/c1-6-7(2)15-16-11(9(6)10(13)20)18-5-4-8(17-18)12(19)14-3/h4-5H,1-3H3,(H2,13,20)(H,14,19). The van der Waals surface area contributed by atoms with Crippen LogP contribution in [0.3, 0.4) is 0 Å². The van der Waals surface area contributed by atoms with Crippen LogP contribution in [0.15, 0.2) is 12.3 Å². The number of carbonyl (C=O) groups is 1. The molecule has 0 aromatic carbocycles. The molecule has 0 aliphatic heterocycles. The lowest BCUT2D eigenvalue weighted by molar-refractivity contribution is 0.0957. The van der Waals surface area contributed by atoms with Gasteiger partial charge in [0.1, 0.15) is 4.99 Å². The van der Waals surface area contributed by atoms with Crippen LogP contribution >= 0.6 is 12.2 Å². The summed E-state index contributed by atoms with van der Waals surface area (Å²) in [5.74, 6) is 0.133. The van der Waals surface area contributed by atoms with E-state index in [1.165, 1.54) is 11.7 Å². The van der Waals surface area contributed by atoms with Crippen molar-refractivity contribution in [3.8, 4) is 5.82 Å². The summed E-state index contributed by atoms with van der Waals surface area (Å²) < 4.78 is 1.44. The van der Waals surface area contributed by atoms with E-state index in [9.17, 15) is 4.79 Å². The zero-order valence-electron chi connectivity index (χ0n) is 11.3. The van der Waals surface area contributed by atoms with Gasteiger partial charge < -0.3 is 11.1 Å². The Hall–Kier alpha value is -2.35. The fraction of sp³-hybridized carbons (Fsp3) is 0.250. The van der Waals surface area contributed by atoms with Crippen LogP contribution in [0.2, 0.25) is 0 Å². The summed E-state index contributed by atoms with van der Waals surface area (Å²) in [6, 6.07) is 1.58. The SMILES string of the molecule is CNC(=O)c1ccn(-c2nnc(C)c(C)c2C(N)=S)n1. The van der Waals surface area contributed by atoms with Crippen molar-refractivity contribution in [2.24, 2.45) is 5.73 Å². The maximum Gasteiger partial charge on any atom is 0.271 e. The molecule has 2 rings (SSSR count). The molecule has 2 heterocycles. The highest BCUT2D eigenvalue weighted by Gasteiger charge is 2.17. The maximum atomic E-state index is 11.5. The van der Waals surface area contributed by atoms with Gasteiger partial charge in [-0.25, -0.2) is 4.68 Å². The number of rotatable bonds is 3. The first-order chi connectivity index (χ1) is 9.45. The average molecular weight is 290 g/mol. The second-order valence-corrected chi connectivity index (χ2v) is 4.64. The van der Waals surface area contributed by atoms with Crippen molar-refractivity contribution in [1.29, 1.82) is 0 Å². The number of nitrogens with one attached hydrogen (secondary N) is 1. The minimum Gasteiger partial charge on any atom is -0.389 e. The number of hydrogen-bond acceptors (Lipinski definition) is 5. The Bertz CT molecular complexity index is 693. The van der Waals surface area contributed by atoms with Crippen LogP contribution < -0.4 is 11.1 Å². The molecule has 0 bridgehead atoms. The first kappa shape index (κ1) is 14.1. The zero-order chi connectivity index (χ0) is 14.9. The lowest BCUT2D eigenvalue weighted by Crippen LogP contribution is -2.20. The summed E-state index contributed by atoms with van der Waals surface area (Å²) in [4.78, 5) is 11.7. The molecule has 0 fully saturated rings. The lowest BCUT2D eigenvalue weighted by Gasteiger charge is -2.11. The van der Waals surface area contributed by atoms with E-state index in [1.54, 1.807) is 12.3 Å². The number of amides is 1. The molecule has 2 aromatic rings. The van der Waals surface area contributed by atoms with Crippen molar-refractivity contribution in [1.82, 2.24) is 25.3 Å². The molecule has 0 radical (unpaired) electrons. The summed E-state index contributed by atoms with van der Waals surface area (Å²) in [6.45, 7) is 3.69. The molecule has 0 aliphatic rings. The molecule has 0 atom stereocenters. The van der Waals surface area contributed by atoms with Gasteiger partial charge >= 0.3 is 0 Å². The van der Waals surface area contributed by atoms with Crippen molar-refractivity contribution in [3.63, 3.8) is 0 Å². The van der Waals surface area contributed by atoms with Gasteiger partial charge in [-0.3, -0.25) is 4.79 Å². The van der Waals surface area contributed by atoms with E-state index in [0.29, 0.717) is 11.4 Å². The van der Waals surface area contributed by atoms with E-state index in [2.05, 4.69) is 20.6 Å². The Balaban J connectivity index is 2.58. The molecule has 0 unspecified atom stereocenters. The molecule has 0 saturated carbocycles. The Morgan fingerprint density at radius 1 is 1.40 bits per heavy atom. The van der Waals surface area contributed by atoms with Crippen molar-refractivity contribution >= 4 is 23.1 Å². The van der Waals surface area contributed by atoms with Gasteiger partial charge in [0.05, 0.1) is 11.3 Å². The Kier molecular flexibility index (Phi) is 3.75. The smallest absolute Gasteiger partial charge is 0.271 e. The quantitative estimate of drug-likeness (QED) is 0.787. The maximum absolute atomic E-state index is 11.5. The lowest BCUT2D eigenvalue weighted by atomic mass is 10.1. The summed E-state index contributed by atoms with van der Waals surface area (Å²) in [5, 5.41) is 14.8. The largest absolute Gasteiger partial charge is 0.389 e. The number of carbonyl (C=O) groups excluding carboxylic acids is 1. The van der Waals surface area contributed by atoms with E-state index in [-0.39, 0.29) is 16.6 Å². The number of hydrogen-bond donors (Lipinski definition) is 2. The van der Waals surface area contributed by atoms with Gasteiger partial charge in [0, 0.05) is 13.2 Å². The summed E-state index contributed by atoms with van der Waals surface area (Å²) in [7, 11) is 1.54. The van der Waals surface area contributed by atoms with E-state index >= 15 is 0 Å². The van der Waals surface area contributed by atoms with Gasteiger partial charge in [-0.1, -0.05) is 12.2 Å². The molecule has 104 valence electrons. The van der Waals surface area contributed by atoms with Crippen LogP contribution in [0.5, 0.6) is 0 Å². The number of nitrogens with two attached hydrogens (primary N) is 1. The highest BCUT2D eigenvalue weighted by atomic mass is 32.1. The van der Waals surface area contributed by atoms with Gasteiger partial charge in [0.2, 0.25) is 0 Å². The Morgan fingerprint density at radius 3 is 2.70 bits per heavy atom. The van der Waals surface area contributed by atoms with Crippen LogP contribution in [0.1, 0.15) is 27.3 Å². The molecule has 7 nitrogen and oxygen atoms in total. The number of nitrogens with zero attached hydrogens (tertiary/aromatic N) is 4. The van der Waals surface area contributed by atoms with Gasteiger partial charge in [0.15, 0.2) is 11.5 Å². The topological polar surface area (TPSA) is 98.7 Å². The molecule has 0 spiro atoms. The van der Waals surface area contributed by atoms with Crippen molar-refractivity contribution in [2.45, 2.75) is 13.8 Å². The molecule has 2 aromatic heterocycles. The van der Waals surface area contributed by atoms with E-state index in [0.717, 1.165) is 11.3 Å². The van der Waals surface area contributed by atoms with Gasteiger partial charge in [0.25, 0.3) is 5.91 Å². The molecule has 1 amide bonds. The normalized spacial score (nSPS) is 10.3. The first-order valence-corrected chi connectivity index (χ1v) is 6.28. The number of thiocarbonyl (C=S) groups is 1. The minimum absolute atomic E-state index is 0.215. The molecule has 3 N–H and O–H groups in total. The van der Waals surface area contributed by atoms with Crippen LogP contribution in [0.25, 0.3) is 5.82 Å².